The fourth-order valence-electron chi connectivity index (χ4n) is 3.04. The quantitative estimate of drug-likeness (QED) is 0.489. The topological polar surface area (TPSA) is 27.7 Å². The van der Waals surface area contributed by atoms with Gasteiger partial charge in [0, 0.05) is 0 Å². The predicted molar refractivity (Wildman–Crippen MR) is 107 cm³/mol. The van der Waals surface area contributed by atoms with Crippen LogP contribution in [0, 0.1) is 0 Å². The van der Waals surface area contributed by atoms with Crippen LogP contribution >= 0.6 is 0 Å². The van der Waals surface area contributed by atoms with Gasteiger partial charge in [-0.25, -0.2) is 0 Å². The van der Waals surface area contributed by atoms with E-state index in [4.69, 9.17) is 14.2 Å². The van der Waals surface area contributed by atoms with Crippen molar-refractivity contribution in [2.24, 2.45) is 0 Å². The van der Waals surface area contributed by atoms with Gasteiger partial charge >= 0.3 is 0 Å². The largest absolute Gasteiger partial charge is 0.457 e. The van der Waals surface area contributed by atoms with Crippen LogP contribution < -0.4 is 14.2 Å². The molecule has 0 bridgehead atoms. The molecule has 3 aromatic carbocycles. The Kier molecular flexibility index (Phi) is 5.39. The lowest BCUT2D eigenvalue weighted by Gasteiger charge is -2.07. The number of ether oxygens (including phenoxy) is 3. The summed E-state index contributed by atoms with van der Waals surface area (Å²) >= 11 is 0. The molecule has 0 aromatic heterocycles. The Hall–Kier alpha value is -3.20. The molecule has 0 spiro atoms. The Morgan fingerprint density at radius 2 is 1.59 bits per heavy atom. The third-order valence-corrected chi connectivity index (χ3v) is 4.43. The zero-order valence-electron chi connectivity index (χ0n) is 15.1. The fraction of sp³-hybridized carbons (Fsp3) is 0.167. The van der Waals surface area contributed by atoms with E-state index in [1.165, 1.54) is 11.1 Å². The molecule has 0 unspecified atom stereocenters. The summed E-state index contributed by atoms with van der Waals surface area (Å²) in [6.45, 7) is 0.321. The molecule has 0 fully saturated rings. The van der Waals surface area contributed by atoms with Crippen molar-refractivity contribution in [1.82, 2.24) is 0 Å². The Bertz CT molecular complexity index is 916. The van der Waals surface area contributed by atoms with Gasteiger partial charge in [-0.2, -0.15) is 0 Å². The number of allylic oxidation sites excluding steroid dienone is 2. The molecule has 4 rings (SSSR count). The van der Waals surface area contributed by atoms with E-state index in [1.807, 2.05) is 48.5 Å². The molecule has 0 saturated carbocycles. The molecule has 0 saturated heterocycles. The first-order valence-electron chi connectivity index (χ1n) is 9.22. The highest BCUT2D eigenvalue weighted by molar-refractivity contribution is 5.44. The van der Waals surface area contributed by atoms with Crippen LogP contribution in [0.4, 0.5) is 0 Å². The van der Waals surface area contributed by atoms with Gasteiger partial charge in [0.2, 0.25) is 6.79 Å². The van der Waals surface area contributed by atoms with Crippen LogP contribution in [0.15, 0.2) is 84.9 Å². The van der Waals surface area contributed by atoms with Crippen molar-refractivity contribution in [2.75, 3.05) is 6.79 Å². The van der Waals surface area contributed by atoms with Crippen LogP contribution in [0.3, 0.4) is 0 Å². The molecular weight excluding hydrogens is 336 g/mol. The molecule has 3 nitrogen and oxygen atoms in total. The fourth-order valence-corrected chi connectivity index (χ4v) is 3.04. The Morgan fingerprint density at radius 3 is 2.52 bits per heavy atom. The summed E-state index contributed by atoms with van der Waals surface area (Å²) in [6, 6.07) is 24.3. The van der Waals surface area contributed by atoms with E-state index < -0.39 is 0 Å². The van der Waals surface area contributed by atoms with Gasteiger partial charge in [0.05, 0.1) is 0 Å². The number of hydrogen-bond donors (Lipinski definition) is 0. The van der Waals surface area contributed by atoms with E-state index in [9.17, 15) is 0 Å². The molecule has 1 heterocycles. The van der Waals surface area contributed by atoms with Crippen molar-refractivity contribution >= 4 is 0 Å². The lowest BCUT2D eigenvalue weighted by Crippen LogP contribution is -1.92. The molecule has 0 atom stereocenters. The van der Waals surface area contributed by atoms with E-state index in [2.05, 4.69) is 36.4 Å². The molecule has 0 aliphatic carbocycles. The van der Waals surface area contributed by atoms with Crippen molar-refractivity contribution < 1.29 is 14.2 Å². The highest BCUT2D eigenvalue weighted by Gasteiger charge is 2.12. The van der Waals surface area contributed by atoms with E-state index in [0.717, 1.165) is 42.3 Å². The summed E-state index contributed by atoms with van der Waals surface area (Å²) in [5.74, 6) is 3.41. The Labute approximate surface area is 159 Å². The van der Waals surface area contributed by atoms with Crippen LogP contribution in [0.1, 0.15) is 17.5 Å². The van der Waals surface area contributed by atoms with Crippen molar-refractivity contribution in [2.45, 2.75) is 19.3 Å². The zero-order chi connectivity index (χ0) is 18.3. The van der Waals surface area contributed by atoms with E-state index in [-0.39, 0.29) is 0 Å². The van der Waals surface area contributed by atoms with Crippen molar-refractivity contribution in [3.05, 3.63) is 96.1 Å². The van der Waals surface area contributed by atoms with E-state index in [1.54, 1.807) is 0 Å². The van der Waals surface area contributed by atoms with Gasteiger partial charge < -0.3 is 14.2 Å². The molecule has 136 valence electrons. The molecular formula is C24H22O3. The number of hydrogen-bond acceptors (Lipinski definition) is 3. The van der Waals surface area contributed by atoms with E-state index >= 15 is 0 Å². The summed E-state index contributed by atoms with van der Waals surface area (Å²) in [6.07, 6.45) is 7.33. The van der Waals surface area contributed by atoms with Crippen LogP contribution in [0.2, 0.25) is 0 Å². The Balaban J connectivity index is 1.27. The van der Waals surface area contributed by atoms with Crippen molar-refractivity contribution in [3.8, 4) is 23.0 Å². The maximum Gasteiger partial charge on any atom is 0.231 e. The first-order valence-corrected chi connectivity index (χ1v) is 9.22. The van der Waals surface area contributed by atoms with E-state index in [0.29, 0.717) is 6.79 Å². The average Bonchev–Trinajstić information content (AvgIpc) is 3.17. The maximum absolute atomic E-state index is 5.90. The second-order valence-electron chi connectivity index (χ2n) is 6.46. The smallest absolute Gasteiger partial charge is 0.231 e. The SMILES string of the molecule is C(=C\Cc1ccc2c(c1)OCO2)/CCc1cccc(Oc2ccccc2)c1. The summed E-state index contributed by atoms with van der Waals surface area (Å²) in [7, 11) is 0. The van der Waals surface area contributed by atoms with Gasteiger partial charge in [0.1, 0.15) is 11.5 Å². The normalized spacial score (nSPS) is 12.4. The maximum atomic E-state index is 5.90. The third-order valence-electron chi connectivity index (χ3n) is 4.43. The highest BCUT2D eigenvalue weighted by atomic mass is 16.7. The number of rotatable bonds is 7. The lowest BCUT2D eigenvalue weighted by atomic mass is 10.1. The van der Waals surface area contributed by atoms with Crippen LogP contribution in [-0.4, -0.2) is 6.79 Å². The minimum Gasteiger partial charge on any atom is -0.457 e. The molecule has 0 amide bonds. The minimum absolute atomic E-state index is 0.321. The molecule has 27 heavy (non-hydrogen) atoms. The second kappa shape index (κ2) is 8.45. The summed E-state index contributed by atoms with van der Waals surface area (Å²) in [5, 5.41) is 0. The van der Waals surface area contributed by atoms with Crippen molar-refractivity contribution in [3.63, 3.8) is 0 Å². The summed E-state index contributed by atoms with van der Waals surface area (Å²) in [5.41, 5.74) is 2.50. The van der Waals surface area contributed by atoms with Crippen LogP contribution in [0.25, 0.3) is 0 Å². The van der Waals surface area contributed by atoms with Crippen LogP contribution in [-0.2, 0) is 12.8 Å². The van der Waals surface area contributed by atoms with Crippen LogP contribution in [0.5, 0.6) is 23.0 Å². The second-order valence-corrected chi connectivity index (χ2v) is 6.46. The average molecular weight is 358 g/mol. The number of para-hydroxylation sites is 1. The van der Waals surface area contributed by atoms with Gasteiger partial charge in [0.15, 0.2) is 11.5 Å². The lowest BCUT2D eigenvalue weighted by molar-refractivity contribution is 0.174. The van der Waals surface area contributed by atoms with Gasteiger partial charge in [-0.3, -0.25) is 0 Å². The number of fused-ring (bicyclic) bond motifs is 1. The standard InChI is InChI=1S/C24H22O3/c1(4-9-20-14-15-23-24(17-20)26-18-25-23)3-8-19-10-7-13-22(16-19)27-21-11-5-2-6-12-21/h1-2,4-7,10-17H,3,8-9,18H2/b4-1+. The first-order chi connectivity index (χ1) is 13.4. The summed E-state index contributed by atoms with van der Waals surface area (Å²) < 4.78 is 16.7. The predicted octanol–water partition coefficient (Wildman–Crippen LogP) is 5.94. The zero-order valence-corrected chi connectivity index (χ0v) is 15.1. The first kappa shape index (κ1) is 17.2. The monoisotopic (exact) mass is 358 g/mol. The molecule has 0 radical (unpaired) electrons. The number of aryl methyl sites for hydroxylation is 1. The Morgan fingerprint density at radius 1 is 0.741 bits per heavy atom. The van der Waals surface area contributed by atoms with Gasteiger partial charge in [0.25, 0.3) is 0 Å². The highest BCUT2D eigenvalue weighted by Crippen LogP contribution is 2.32. The minimum atomic E-state index is 0.321. The molecule has 3 heteroatoms. The summed E-state index contributed by atoms with van der Waals surface area (Å²) in [4.78, 5) is 0. The molecule has 3 aromatic rings. The third kappa shape index (κ3) is 4.70. The van der Waals surface area contributed by atoms with Gasteiger partial charge in [-0.15, -0.1) is 0 Å². The number of benzene rings is 3. The van der Waals surface area contributed by atoms with Gasteiger partial charge in [-0.05, 0) is 66.8 Å². The molecule has 1 aliphatic heterocycles. The van der Waals surface area contributed by atoms with Crippen molar-refractivity contribution in [1.29, 1.82) is 0 Å². The molecule has 1 aliphatic rings. The van der Waals surface area contributed by atoms with Gasteiger partial charge in [-0.1, -0.05) is 48.6 Å². The molecule has 0 N–H and O–H groups in total.